The molecule has 4 N–H and O–H groups in total. The highest BCUT2D eigenvalue weighted by molar-refractivity contribution is 6.03. The number of nitrogens with two attached hydrogens (primary N) is 2. The van der Waals surface area contributed by atoms with Gasteiger partial charge in [0.15, 0.2) is 11.5 Å². The van der Waals surface area contributed by atoms with Crippen molar-refractivity contribution in [2.24, 2.45) is 0 Å². The maximum Gasteiger partial charge on any atom is 0.254 e. The van der Waals surface area contributed by atoms with Gasteiger partial charge in [-0.15, -0.1) is 0 Å². The molecule has 1 fully saturated rings. The molecule has 0 atom stereocenters. The summed E-state index contributed by atoms with van der Waals surface area (Å²) in [6, 6.07) is 5.58. The number of likely N-dealkylation sites (tertiary alicyclic amines) is 1. The van der Waals surface area contributed by atoms with Gasteiger partial charge < -0.3 is 25.8 Å². The van der Waals surface area contributed by atoms with Gasteiger partial charge in [0.05, 0.1) is 12.4 Å². The number of aromatic nitrogens is 4. The van der Waals surface area contributed by atoms with Gasteiger partial charge in [-0.3, -0.25) is 9.59 Å². The second-order valence-electron chi connectivity index (χ2n) is 7.80. The van der Waals surface area contributed by atoms with Crippen molar-refractivity contribution < 1.29 is 9.59 Å². The number of imidazole rings is 1. The number of hydrogen-bond acceptors (Lipinski definition) is 7. The highest BCUT2D eigenvalue weighted by atomic mass is 16.2. The standard InChI is InChI=1S/C21H22N8O2/c1-2-16(30)28-7-3-4-12-8-13(5-6-15(12)28)20(31)27-9-14(10-27)29-11-24-17-18(22)25-21(23)26-19(17)29/h2,5-6,8,11,14H,1,3-4,7,9-10H2,(H4,22,23,25,26). The van der Waals surface area contributed by atoms with Gasteiger partial charge in [0.1, 0.15) is 5.52 Å². The van der Waals surface area contributed by atoms with E-state index in [1.54, 1.807) is 22.2 Å². The summed E-state index contributed by atoms with van der Waals surface area (Å²) in [4.78, 5) is 41.1. The molecule has 0 spiro atoms. The van der Waals surface area contributed by atoms with Gasteiger partial charge in [-0.05, 0) is 42.7 Å². The summed E-state index contributed by atoms with van der Waals surface area (Å²) in [7, 11) is 0. The molecule has 1 aromatic carbocycles. The van der Waals surface area contributed by atoms with E-state index in [2.05, 4.69) is 21.5 Å². The largest absolute Gasteiger partial charge is 0.382 e. The Balaban J connectivity index is 1.33. The van der Waals surface area contributed by atoms with Crippen LogP contribution in [0.2, 0.25) is 0 Å². The smallest absolute Gasteiger partial charge is 0.254 e. The first-order valence-corrected chi connectivity index (χ1v) is 10.1. The lowest BCUT2D eigenvalue weighted by Crippen LogP contribution is -2.50. The maximum atomic E-state index is 13.0. The van der Waals surface area contributed by atoms with Crippen LogP contribution >= 0.6 is 0 Å². The fourth-order valence-corrected chi connectivity index (χ4v) is 4.27. The van der Waals surface area contributed by atoms with Crippen molar-refractivity contribution >= 4 is 40.4 Å². The lowest BCUT2D eigenvalue weighted by atomic mass is 9.97. The second kappa shape index (κ2) is 7.08. The number of anilines is 3. The maximum absolute atomic E-state index is 13.0. The summed E-state index contributed by atoms with van der Waals surface area (Å²) < 4.78 is 1.89. The first-order chi connectivity index (χ1) is 15.0. The molecule has 1 saturated heterocycles. The van der Waals surface area contributed by atoms with Gasteiger partial charge in [-0.1, -0.05) is 6.58 Å². The van der Waals surface area contributed by atoms with Crippen molar-refractivity contribution in [1.29, 1.82) is 0 Å². The van der Waals surface area contributed by atoms with Crippen LogP contribution in [0.5, 0.6) is 0 Å². The van der Waals surface area contributed by atoms with E-state index >= 15 is 0 Å². The Morgan fingerprint density at radius 1 is 1.19 bits per heavy atom. The van der Waals surface area contributed by atoms with E-state index in [1.807, 2.05) is 16.7 Å². The minimum atomic E-state index is -0.122. The lowest BCUT2D eigenvalue weighted by molar-refractivity contribution is -0.114. The Morgan fingerprint density at radius 3 is 2.77 bits per heavy atom. The minimum absolute atomic E-state index is 0.0377. The molecule has 10 heteroatoms. The summed E-state index contributed by atoms with van der Waals surface area (Å²) in [5, 5.41) is 0. The molecule has 31 heavy (non-hydrogen) atoms. The topological polar surface area (TPSA) is 136 Å². The Hall–Kier alpha value is -3.95. The molecule has 0 bridgehead atoms. The van der Waals surface area contributed by atoms with Gasteiger partial charge in [0.25, 0.3) is 5.91 Å². The van der Waals surface area contributed by atoms with E-state index < -0.39 is 0 Å². The number of fused-ring (bicyclic) bond motifs is 2. The number of rotatable bonds is 3. The summed E-state index contributed by atoms with van der Waals surface area (Å²) in [5.41, 5.74) is 15.2. The van der Waals surface area contributed by atoms with E-state index in [0.717, 1.165) is 24.1 Å². The SMILES string of the molecule is C=CC(=O)N1CCCc2cc(C(=O)N3CC(n4cnc5c(N)nc(N)nc54)C3)ccc21. The Labute approximate surface area is 178 Å². The van der Waals surface area contributed by atoms with Crippen LogP contribution in [0.25, 0.3) is 11.2 Å². The number of nitrogen functional groups attached to an aromatic ring is 2. The van der Waals surface area contributed by atoms with Crippen molar-refractivity contribution in [3.8, 4) is 0 Å². The van der Waals surface area contributed by atoms with Crippen LogP contribution < -0.4 is 16.4 Å². The van der Waals surface area contributed by atoms with Crippen LogP contribution in [0.1, 0.15) is 28.4 Å². The van der Waals surface area contributed by atoms with Gasteiger partial charge >= 0.3 is 0 Å². The van der Waals surface area contributed by atoms with Crippen molar-refractivity contribution in [3.05, 3.63) is 48.3 Å². The van der Waals surface area contributed by atoms with Crippen LogP contribution in [0.15, 0.2) is 37.2 Å². The predicted molar refractivity (Wildman–Crippen MR) is 116 cm³/mol. The summed E-state index contributed by atoms with van der Waals surface area (Å²) in [6.45, 7) is 5.30. The zero-order valence-corrected chi connectivity index (χ0v) is 16.9. The Morgan fingerprint density at radius 2 is 2.00 bits per heavy atom. The van der Waals surface area contributed by atoms with Gasteiger partial charge in [-0.25, -0.2) is 4.98 Å². The average molecular weight is 418 g/mol. The number of hydrogen-bond donors (Lipinski definition) is 2. The third kappa shape index (κ3) is 3.07. The van der Waals surface area contributed by atoms with Crippen molar-refractivity contribution in [3.63, 3.8) is 0 Å². The summed E-state index contributed by atoms with van der Waals surface area (Å²) in [6.07, 6.45) is 4.67. The van der Waals surface area contributed by atoms with Gasteiger partial charge in [0, 0.05) is 30.9 Å². The highest BCUT2D eigenvalue weighted by Crippen LogP contribution is 2.31. The number of carbonyl (C=O) groups is 2. The third-order valence-electron chi connectivity index (χ3n) is 5.89. The van der Waals surface area contributed by atoms with Gasteiger partial charge in [0.2, 0.25) is 11.9 Å². The molecular weight excluding hydrogens is 396 g/mol. The zero-order valence-electron chi connectivity index (χ0n) is 16.9. The van der Waals surface area contributed by atoms with Crippen LogP contribution in [0, 0.1) is 0 Å². The molecule has 4 heterocycles. The molecule has 0 unspecified atom stereocenters. The molecule has 0 saturated carbocycles. The molecular formula is C21H22N8O2. The van der Waals surface area contributed by atoms with Crippen molar-refractivity contribution in [1.82, 2.24) is 24.4 Å². The Bertz CT molecular complexity index is 1230. The van der Waals surface area contributed by atoms with Crippen molar-refractivity contribution in [2.45, 2.75) is 18.9 Å². The van der Waals surface area contributed by atoms with E-state index in [0.29, 0.717) is 36.4 Å². The molecule has 2 aromatic heterocycles. The fraction of sp³-hybridized carbons (Fsp3) is 0.286. The van der Waals surface area contributed by atoms with E-state index in [4.69, 9.17) is 11.5 Å². The number of amides is 2. The number of carbonyl (C=O) groups excluding carboxylic acids is 2. The summed E-state index contributed by atoms with van der Waals surface area (Å²) >= 11 is 0. The van der Waals surface area contributed by atoms with Gasteiger partial charge in [-0.2, -0.15) is 9.97 Å². The predicted octanol–water partition coefficient (Wildman–Crippen LogP) is 1.15. The molecule has 5 rings (SSSR count). The lowest BCUT2D eigenvalue weighted by Gasteiger charge is -2.40. The molecule has 158 valence electrons. The third-order valence-corrected chi connectivity index (χ3v) is 5.89. The molecule has 3 aromatic rings. The van der Waals surface area contributed by atoms with Crippen molar-refractivity contribution in [2.75, 3.05) is 36.0 Å². The van der Waals surface area contributed by atoms with Crippen LogP contribution in [0.3, 0.4) is 0 Å². The van der Waals surface area contributed by atoms with E-state index in [1.165, 1.54) is 6.08 Å². The monoisotopic (exact) mass is 418 g/mol. The molecule has 0 aliphatic carbocycles. The minimum Gasteiger partial charge on any atom is -0.382 e. The summed E-state index contributed by atoms with van der Waals surface area (Å²) in [5.74, 6) is 0.177. The second-order valence-corrected chi connectivity index (χ2v) is 7.80. The number of benzene rings is 1. The van der Waals surface area contributed by atoms with Crippen LogP contribution in [-0.4, -0.2) is 55.9 Å². The van der Waals surface area contributed by atoms with Crippen LogP contribution in [-0.2, 0) is 11.2 Å². The van der Waals surface area contributed by atoms with E-state index in [9.17, 15) is 9.59 Å². The number of nitrogens with zero attached hydrogens (tertiary/aromatic N) is 6. The highest BCUT2D eigenvalue weighted by Gasteiger charge is 2.34. The Kier molecular flexibility index (Phi) is 4.35. The molecule has 10 nitrogen and oxygen atoms in total. The molecule has 0 radical (unpaired) electrons. The molecule has 2 aliphatic rings. The number of aryl methyl sites for hydroxylation is 1. The zero-order chi connectivity index (χ0) is 21.7. The first-order valence-electron chi connectivity index (χ1n) is 10.1. The fourth-order valence-electron chi connectivity index (χ4n) is 4.27. The van der Waals surface area contributed by atoms with Crippen LogP contribution in [0.4, 0.5) is 17.5 Å². The molecule has 2 amide bonds. The normalized spacial score (nSPS) is 16.1. The quantitative estimate of drug-likeness (QED) is 0.609. The molecule has 2 aliphatic heterocycles. The average Bonchev–Trinajstić information content (AvgIpc) is 3.15. The van der Waals surface area contributed by atoms with E-state index in [-0.39, 0.29) is 29.6 Å². The first kappa shape index (κ1) is 19.0.